The van der Waals surface area contributed by atoms with Crippen LogP contribution in [0, 0.1) is 5.92 Å². The van der Waals surface area contributed by atoms with Crippen molar-refractivity contribution >= 4 is 5.78 Å². The number of carbonyl (C=O) groups is 1. The Morgan fingerprint density at radius 2 is 1.17 bits per heavy atom. The molecule has 0 aliphatic heterocycles. The Hall–Kier alpha value is -0.530. The maximum absolute atomic E-state index is 11.5. The maximum Gasteiger partial charge on any atom is 0.161 e. The standard InChI is InChI=1S/C17H34O6/c1-5-16(4)17(18)14-22-11-10-20-7-6-19-8-9-21-12-13-23-15(2)3/h15-16H,5-14H2,1-4H3. The molecule has 138 valence electrons. The zero-order chi connectivity index (χ0) is 17.3. The molecule has 0 aliphatic carbocycles. The summed E-state index contributed by atoms with van der Waals surface area (Å²) in [4.78, 5) is 11.5. The third-order valence-corrected chi connectivity index (χ3v) is 3.20. The topological polar surface area (TPSA) is 63.2 Å². The molecule has 0 aromatic heterocycles. The summed E-state index contributed by atoms with van der Waals surface area (Å²) in [6.45, 7) is 12.3. The Kier molecular flexibility index (Phi) is 16.0. The van der Waals surface area contributed by atoms with Gasteiger partial charge < -0.3 is 23.7 Å². The van der Waals surface area contributed by atoms with E-state index in [0.717, 1.165) is 6.42 Å². The number of hydrogen-bond donors (Lipinski definition) is 0. The molecule has 0 bridgehead atoms. The Balaban J connectivity index is 3.12. The molecule has 0 aromatic rings. The van der Waals surface area contributed by atoms with Crippen LogP contribution < -0.4 is 0 Å². The van der Waals surface area contributed by atoms with E-state index in [9.17, 15) is 4.79 Å². The van der Waals surface area contributed by atoms with Gasteiger partial charge in [-0.15, -0.1) is 0 Å². The quantitative estimate of drug-likeness (QED) is 0.380. The fourth-order valence-electron chi connectivity index (χ4n) is 1.55. The third-order valence-electron chi connectivity index (χ3n) is 3.20. The van der Waals surface area contributed by atoms with Crippen molar-refractivity contribution in [1.29, 1.82) is 0 Å². The van der Waals surface area contributed by atoms with Crippen molar-refractivity contribution in [2.24, 2.45) is 5.92 Å². The van der Waals surface area contributed by atoms with Crippen LogP contribution in [0.3, 0.4) is 0 Å². The molecule has 0 N–H and O–H groups in total. The molecule has 0 heterocycles. The monoisotopic (exact) mass is 334 g/mol. The van der Waals surface area contributed by atoms with Gasteiger partial charge in [0.1, 0.15) is 6.61 Å². The minimum atomic E-state index is 0.0727. The molecule has 0 fully saturated rings. The highest BCUT2D eigenvalue weighted by Gasteiger charge is 2.09. The second-order valence-corrected chi connectivity index (χ2v) is 5.58. The smallest absolute Gasteiger partial charge is 0.161 e. The fourth-order valence-corrected chi connectivity index (χ4v) is 1.55. The summed E-state index contributed by atoms with van der Waals surface area (Å²) in [5.74, 6) is 0.220. The summed E-state index contributed by atoms with van der Waals surface area (Å²) in [6, 6.07) is 0. The predicted octanol–water partition coefficient (Wildman–Crippen LogP) is 2.09. The molecule has 0 amide bonds. The van der Waals surface area contributed by atoms with Gasteiger partial charge in [0.05, 0.1) is 59.0 Å². The van der Waals surface area contributed by atoms with Crippen LogP contribution in [-0.4, -0.2) is 71.3 Å². The average Bonchev–Trinajstić information content (AvgIpc) is 2.53. The Morgan fingerprint density at radius 1 is 0.739 bits per heavy atom. The van der Waals surface area contributed by atoms with Crippen molar-refractivity contribution in [2.75, 3.05) is 59.5 Å². The summed E-state index contributed by atoms with van der Waals surface area (Å²) >= 11 is 0. The first kappa shape index (κ1) is 22.5. The summed E-state index contributed by atoms with van der Waals surface area (Å²) < 4.78 is 26.7. The maximum atomic E-state index is 11.5. The highest BCUT2D eigenvalue weighted by Crippen LogP contribution is 2.01. The van der Waals surface area contributed by atoms with E-state index in [1.54, 1.807) is 0 Å². The van der Waals surface area contributed by atoms with Gasteiger partial charge in [0, 0.05) is 5.92 Å². The van der Waals surface area contributed by atoms with Crippen LogP contribution in [-0.2, 0) is 28.5 Å². The lowest BCUT2D eigenvalue weighted by Crippen LogP contribution is -2.19. The van der Waals surface area contributed by atoms with Crippen LogP contribution in [0.2, 0.25) is 0 Å². The van der Waals surface area contributed by atoms with Gasteiger partial charge in [0.2, 0.25) is 0 Å². The molecule has 0 aromatic carbocycles. The van der Waals surface area contributed by atoms with Gasteiger partial charge in [-0.25, -0.2) is 0 Å². The molecule has 6 heteroatoms. The van der Waals surface area contributed by atoms with Gasteiger partial charge in [-0.2, -0.15) is 0 Å². The van der Waals surface area contributed by atoms with E-state index >= 15 is 0 Å². The van der Waals surface area contributed by atoms with Crippen molar-refractivity contribution in [2.45, 2.75) is 40.2 Å². The molecular formula is C17H34O6. The van der Waals surface area contributed by atoms with Gasteiger partial charge in [0.25, 0.3) is 0 Å². The van der Waals surface area contributed by atoms with Crippen LogP contribution in [0.25, 0.3) is 0 Å². The molecule has 0 rings (SSSR count). The van der Waals surface area contributed by atoms with E-state index in [4.69, 9.17) is 23.7 Å². The van der Waals surface area contributed by atoms with E-state index < -0.39 is 0 Å². The lowest BCUT2D eigenvalue weighted by molar-refractivity contribution is -0.127. The first-order chi connectivity index (χ1) is 11.1. The average molecular weight is 334 g/mol. The highest BCUT2D eigenvalue weighted by molar-refractivity contribution is 5.81. The zero-order valence-corrected chi connectivity index (χ0v) is 15.2. The van der Waals surface area contributed by atoms with Crippen LogP contribution in [0.1, 0.15) is 34.1 Å². The first-order valence-electron chi connectivity index (χ1n) is 8.53. The van der Waals surface area contributed by atoms with Gasteiger partial charge >= 0.3 is 0 Å². The van der Waals surface area contributed by atoms with Crippen LogP contribution in [0.4, 0.5) is 0 Å². The second-order valence-electron chi connectivity index (χ2n) is 5.58. The SMILES string of the molecule is CCC(C)C(=O)COCCOCCOCCOCCOC(C)C. The highest BCUT2D eigenvalue weighted by atomic mass is 16.6. The molecule has 1 atom stereocenters. The normalized spacial score (nSPS) is 12.7. The van der Waals surface area contributed by atoms with Gasteiger partial charge in [-0.05, 0) is 20.3 Å². The van der Waals surface area contributed by atoms with E-state index in [1.165, 1.54) is 0 Å². The van der Waals surface area contributed by atoms with Crippen LogP contribution in [0.5, 0.6) is 0 Å². The number of Topliss-reactive ketones (excluding diaryl/α,β-unsaturated/α-hetero) is 1. The number of ketones is 1. The summed E-state index contributed by atoms with van der Waals surface area (Å²) in [6.07, 6.45) is 1.09. The summed E-state index contributed by atoms with van der Waals surface area (Å²) in [7, 11) is 0. The first-order valence-corrected chi connectivity index (χ1v) is 8.53. The molecule has 6 nitrogen and oxygen atoms in total. The third kappa shape index (κ3) is 16.1. The molecule has 0 saturated carbocycles. The van der Waals surface area contributed by atoms with E-state index in [-0.39, 0.29) is 24.4 Å². The Morgan fingerprint density at radius 3 is 1.61 bits per heavy atom. The largest absolute Gasteiger partial charge is 0.377 e. The lowest BCUT2D eigenvalue weighted by atomic mass is 10.1. The minimum Gasteiger partial charge on any atom is -0.377 e. The molecule has 0 aliphatic rings. The number of carbonyl (C=O) groups excluding carboxylic acids is 1. The van der Waals surface area contributed by atoms with Crippen molar-refractivity contribution in [3.05, 3.63) is 0 Å². The summed E-state index contributed by atoms with van der Waals surface area (Å²) in [5.41, 5.74) is 0. The van der Waals surface area contributed by atoms with Crippen LogP contribution >= 0.6 is 0 Å². The number of rotatable bonds is 17. The van der Waals surface area contributed by atoms with E-state index in [0.29, 0.717) is 52.9 Å². The van der Waals surface area contributed by atoms with Crippen molar-refractivity contribution < 1.29 is 28.5 Å². The molecule has 0 spiro atoms. The zero-order valence-electron chi connectivity index (χ0n) is 15.2. The van der Waals surface area contributed by atoms with Crippen molar-refractivity contribution in [3.8, 4) is 0 Å². The molecule has 23 heavy (non-hydrogen) atoms. The molecule has 0 saturated heterocycles. The molecule has 1 unspecified atom stereocenters. The van der Waals surface area contributed by atoms with Crippen LogP contribution in [0.15, 0.2) is 0 Å². The fraction of sp³-hybridized carbons (Fsp3) is 0.941. The van der Waals surface area contributed by atoms with E-state index in [2.05, 4.69) is 0 Å². The summed E-state index contributed by atoms with van der Waals surface area (Å²) in [5, 5.41) is 0. The Bertz CT molecular complexity index is 270. The van der Waals surface area contributed by atoms with Gasteiger partial charge in [-0.1, -0.05) is 13.8 Å². The predicted molar refractivity (Wildman–Crippen MR) is 88.8 cm³/mol. The second kappa shape index (κ2) is 16.3. The molecule has 0 radical (unpaired) electrons. The lowest BCUT2D eigenvalue weighted by Gasteiger charge is -2.09. The molecular weight excluding hydrogens is 300 g/mol. The minimum absolute atomic E-state index is 0.0727. The van der Waals surface area contributed by atoms with Gasteiger partial charge in [-0.3, -0.25) is 4.79 Å². The van der Waals surface area contributed by atoms with Crippen molar-refractivity contribution in [1.82, 2.24) is 0 Å². The van der Waals surface area contributed by atoms with E-state index in [1.807, 2.05) is 27.7 Å². The van der Waals surface area contributed by atoms with Gasteiger partial charge in [0.15, 0.2) is 5.78 Å². The van der Waals surface area contributed by atoms with Crippen molar-refractivity contribution in [3.63, 3.8) is 0 Å². The number of hydrogen-bond acceptors (Lipinski definition) is 6. The number of ether oxygens (including phenoxy) is 5. The Labute approximate surface area is 140 Å².